The van der Waals surface area contributed by atoms with Crippen molar-refractivity contribution in [3.05, 3.63) is 47.2 Å². The lowest BCUT2D eigenvalue weighted by Crippen LogP contribution is -2.27. The van der Waals surface area contributed by atoms with E-state index >= 15 is 0 Å². The molecular weight excluding hydrogens is 360 g/mol. The zero-order valence-corrected chi connectivity index (χ0v) is 14.9. The number of furan rings is 1. The first-order valence-corrected chi connectivity index (χ1v) is 9.48. The summed E-state index contributed by atoms with van der Waals surface area (Å²) in [4.78, 5) is 23.4. The summed E-state index contributed by atoms with van der Waals surface area (Å²) in [7, 11) is -3.74. The fourth-order valence-corrected chi connectivity index (χ4v) is 4.14. The van der Waals surface area contributed by atoms with Crippen LogP contribution in [0.2, 0.25) is 0 Å². The Hall–Kier alpha value is -2.65. The van der Waals surface area contributed by atoms with E-state index in [9.17, 15) is 18.0 Å². The Morgan fingerprint density at radius 2 is 1.85 bits per heavy atom. The smallest absolute Gasteiger partial charge is 0.335 e. The Labute approximate surface area is 150 Å². The highest BCUT2D eigenvalue weighted by Gasteiger charge is 2.30. The van der Waals surface area contributed by atoms with Gasteiger partial charge in [-0.15, -0.1) is 0 Å². The lowest BCUT2D eigenvalue weighted by molar-refractivity contribution is 0.0696. The topological polar surface area (TPSA) is 117 Å². The lowest BCUT2D eigenvalue weighted by atomic mass is 10.1. The molecule has 8 nitrogen and oxygen atoms in total. The average Bonchev–Trinajstić information content (AvgIpc) is 3.29. The minimum absolute atomic E-state index is 0.0302. The minimum atomic E-state index is -3.74. The Morgan fingerprint density at radius 1 is 1.15 bits per heavy atom. The molecule has 1 aromatic heterocycles. The van der Waals surface area contributed by atoms with E-state index in [1.54, 1.807) is 13.0 Å². The van der Waals surface area contributed by atoms with Crippen LogP contribution in [-0.4, -0.2) is 42.8 Å². The van der Waals surface area contributed by atoms with Gasteiger partial charge in [-0.1, -0.05) is 6.07 Å². The molecule has 0 radical (unpaired) electrons. The zero-order chi connectivity index (χ0) is 18.9. The lowest BCUT2D eigenvalue weighted by Gasteiger charge is -2.12. The Bertz CT molecular complexity index is 957. The number of hydrogen-bond donors (Lipinski definition) is 2. The maximum atomic E-state index is 12.4. The number of nitrogens with zero attached hydrogens (tertiary/aromatic N) is 1. The number of aromatic carboxylic acids is 1. The number of rotatable bonds is 5. The SMILES string of the molecule is Cc1ccc(C(=O)O)cc1NC(=O)c1ccc(S(=O)(=O)N2CCCC2)o1. The molecular formula is C17H18N2O6S. The first kappa shape index (κ1) is 18.2. The molecule has 0 unspecified atom stereocenters. The predicted octanol–water partition coefficient (Wildman–Crippen LogP) is 2.32. The van der Waals surface area contributed by atoms with E-state index in [0.29, 0.717) is 24.3 Å². The second kappa shape index (κ2) is 6.93. The van der Waals surface area contributed by atoms with Gasteiger partial charge < -0.3 is 14.8 Å². The number of nitrogens with one attached hydrogen (secondary N) is 1. The van der Waals surface area contributed by atoms with Gasteiger partial charge in [-0.3, -0.25) is 4.79 Å². The van der Waals surface area contributed by atoms with Crippen LogP contribution in [-0.2, 0) is 10.0 Å². The van der Waals surface area contributed by atoms with Gasteiger partial charge in [-0.2, -0.15) is 4.31 Å². The van der Waals surface area contributed by atoms with Crippen LogP contribution in [0.5, 0.6) is 0 Å². The second-order valence-electron chi connectivity index (χ2n) is 6.02. The molecule has 2 N–H and O–H groups in total. The van der Waals surface area contributed by atoms with Gasteiger partial charge in [0.25, 0.3) is 15.9 Å². The number of carboxylic acids is 1. The third-order valence-corrected chi connectivity index (χ3v) is 5.97. The Morgan fingerprint density at radius 3 is 2.50 bits per heavy atom. The number of benzene rings is 1. The van der Waals surface area contributed by atoms with Crippen LogP contribution < -0.4 is 5.32 Å². The van der Waals surface area contributed by atoms with Crippen LogP contribution in [0.1, 0.15) is 39.3 Å². The number of amides is 1. The van der Waals surface area contributed by atoms with Crippen molar-refractivity contribution < 1.29 is 27.5 Å². The quantitative estimate of drug-likeness (QED) is 0.825. The van der Waals surface area contributed by atoms with E-state index in [4.69, 9.17) is 9.52 Å². The van der Waals surface area contributed by atoms with Gasteiger partial charge in [0.2, 0.25) is 5.09 Å². The summed E-state index contributed by atoms with van der Waals surface area (Å²) in [6.07, 6.45) is 1.60. The van der Waals surface area contributed by atoms with Crippen molar-refractivity contribution in [3.63, 3.8) is 0 Å². The molecule has 2 heterocycles. The van der Waals surface area contributed by atoms with E-state index in [1.807, 2.05) is 0 Å². The zero-order valence-electron chi connectivity index (χ0n) is 14.1. The number of hydrogen-bond acceptors (Lipinski definition) is 5. The van der Waals surface area contributed by atoms with Crippen LogP contribution in [0.15, 0.2) is 39.8 Å². The van der Waals surface area contributed by atoms with Crippen LogP contribution >= 0.6 is 0 Å². The summed E-state index contributed by atoms with van der Waals surface area (Å²) in [5.74, 6) is -1.93. The maximum Gasteiger partial charge on any atom is 0.335 e. The molecule has 26 heavy (non-hydrogen) atoms. The molecule has 0 spiro atoms. The van der Waals surface area contributed by atoms with Crippen LogP contribution in [0.25, 0.3) is 0 Å². The third kappa shape index (κ3) is 3.49. The highest BCUT2D eigenvalue weighted by Crippen LogP contribution is 2.24. The number of aryl methyl sites for hydroxylation is 1. The number of carbonyl (C=O) groups excluding carboxylic acids is 1. The van der Waals surface area contributed by atoms with Gasteiger partial charge in [-0.05, 0) is 49.6 Å². The monoisotopic (exact) mass is 378 g/mol. The first-order chi connectivity index (χ1) is 12.3. The summed E-state index contributed by atoms with van der Waals surface area (Å²) in [5.41, 5.74) is 1.01. The van der Waals surface area contributed by atoms with Crippen molar-refractivity contribution in [1.82, 2.24) is 4.31 Å². The number of carboxylic acid groups (broad SMARTS) is 1. The van der Waals surface area contributed by atoms with Crippen LogP contribution in [0.4, 0.5) is 5.69 Å². The van der Waals surface area contributed by atoms with Crippen LogP contribution in [0.3, 0.4) is 0 Å². The number of sulfonamides is 1. The molecule has 0 bridgehead atoms. The predicted molar refractivity (Wildman–Crippen MR) is 92.8 cm³/mol. The van der Waals surface area contributed by atoms with E-state index in [-0.39, 0.29) is 16.4 Å². The fraction of sp³-hybridized carbons (Fsp3) is 0.294. The minimum Gasteiger partial charge on any atom is -0.478 e. The van der Waals surface area contributed by atoms with Crippen molar-refractivity contribution in [2.24, 2.45) is 0 Å². The van der Waals surface area contributed by atoms with Gasteiger partial charge in [-0.25, -0.2) is 13.2 Å². The number of anilines is 1. The van der Waals surface area contributed by atoms with Crippen molar-refractivity contribution in [2.75, 3.05) is 18.4 Å². The molecule has 1 saturated heterocycles. The molecule has 1 fully saturated rings. The highest BCUT2D eigenvalue weighted by atomic mass is 32.2. The molecule has 9 heteroatoms. The van der Waals surface area contributed by atoms with E-state index in [2.05, 4.69) is 5.32 Å². The molecule has 138 valence electrons. The molecule has 1 aliphatic heterocycles. The molecule has 2 aromatic rings. The Balaban J connectivity index is 1.81. The number of carbonyl (C=O) groups is 2. The molecule has 0 aliphatic carbocycles. The molecule has 1 amide bonds. The fourth-order valence-electron chi connectivity index (χ4n) is 2.71. The summed E-state index contributed by atoms with van der Waals surface area (Å²) in [6.45, 7) is 2.59. The largest absolute Gasteiger partial charge is 0.478 e. The highest BCUT2D eigenvalue weighted by molar-refractivity contribution is 7.89. The summed E-state index contributed by atoms with van der Waals surface area (Å²) >= 11 is 0. The maximum absolute atomic E-state index is 12.4. The van der Waals surface area contributed by atoms with Crippen molar-refractivity contribution in [1.29, 1.82) is 0 Å². The average molecular weight is 378 g/mol. The molecule has 0 atom stereocenters. The summed E-state index contributed by atoms with van der Waals surface area (Å²) < 4.78 is 31.5. The van der Waals surface area contributed by atoms with E-state index in [1.165, 1.54) is 28.6 Å². The third-order valence-electron chi connectivity index (χ3n) is 4.20. The normalized spacial score (nSPS) is 15.1. The summed E-state index contributed by atoms with van der Waals surface area (Å²) in [5, 5.41) is 11.3. The van der Waals surface area contributed by atoms with Crippen molar-refractivity contribution in [3.8, 4) is 0 Å². The van der Waals surface area contributed by atoms with Gasteiger partial charge >= 0.3 is 5.97 Å². The molecule has 1 aliphatic rings. The van der Waals surface area contributed by atoms with Gasteiger partial charge in [0.1, 0.15) is 0 Å². The van der Waals surface area contributed by atoms with E-state index < -0.39 is 21.9 Å². The van der Waals surface area contributed by atoms with Gasteiger partial charge in [0.05, 0.1) is 5.56 Å². The standard InChI is InChI=1S/C17H18N2O6S/c1-11-4-5-12(17(21)22)10-13(11)18-16(20)14-6-7-15(25-14)26(23,24)19-8-2-3-9-19/h4-7,10H,2-3,8-9H2,1H3,(H,18,20)(H,21,22). The molecule has 0 saturated carbocycles. The van der Waals surface area contributed by atoms with Crippen LogP contribution in [0, 0.1) is 6.92 Å². The Kier molecular flexibility index (Phi) is 4.84. The summed E-state index contributed by atoms with van der Waals surface area (Å²) in [6, 6.07) is 6.88. The van der Waals surface area contributed by atoms with Crippen molar-refractivity contribution >= 4 is 27.6 Å². The van der Waals surface area contributed by atoms with Crippen molar-refractivity contribution in [2.45, 2.75) is 24.9 Å². The second-order valence-corrected chi connectivity index (χ2v) is 7.89. The van der Waals surface area contributed by atoms with Gasteiger partial charge in [0, 0.05) is 18.8 Å². The van der Waals surface area contributed by atoms with Gasteiger partial charge in [0.15, 0.2) is 5.76 Å². The first-order valence-electron chi connectivity index (χ1n) is 8.04. The van der Waals surface area contributed by atoms with E-state index in [0.717, 1.165) is 12.8 Å². The molecule has 1 aromatic carbocycles. The molecule has 3 rings (SSSR count).